The minimum atomic E-state index is -0.881. The van der Waals surface area contributed by atoms with E-state index in [2.05, 4.69) is 19.9 Å². The van der Waals surface area contributed by atoms with Crippen LogP contribution in [0, 0.1) is 17.6 Å². The van der Waals surface area contributed by atoms with Gasteiger partial charge in [0, 0.05) is 61.7 Å². The number of nitrogen functional groups attached to an aromatic ring is 1. The maximum atomic E-state index is 14.0. The number of carbonyl (C=O) groups is 1. The average molecular weight is 516 g/mol. The molecule has 4 heterocycles. The van der Waals surface area contributed by atoms with Crippen LogP contribution >= 0.6 is 11.8 Å². The van der Waals surface area contributed by atoms with Crippen LogP contribution in [0.2, 0.25) is 0 Å². The summed E-state index contributed by atoms with van der Waals surface area (Å²) in [5.74, 6) is -0.383. The van der Waals surface area contributed by atoms with E-state index in [1.165, 1.54) is 12.1 Å². The number of hydrogen-bond donors (Lipinski definition) is 1. The summed E-state index contributed by atoms with van der Waals surface area (Å²) in [5, 5.41) is 0.779. The van der Waals surface area contributed by atoms with Crippen LogP contribution in [-0.4, -0.2) is 67.2 Å². The van der Waals surface area contributed by atoms with Crippen LogP contribution in [0.15, 0.2) is 29.7 Å². The maximum Gasteiger partial charge on any atom is 0.225 e. The number of aromatic nitrogens is 4. The number of imidazole rings is 1. The van der Waals surface area contributed by atoms with Gasteiger partial charge >= 0.3 is 0 Å². The fourth-order valence-electron chi connectivity index (χ4n) is 5.30. The summed E-state index contributed by atoms with van der Waals surface area (Å²) in [4.78, 5) is 30.2. The van der Waals surface area contributed by atoms with E-state index < -0.39 is 11.6 Å². The number of fused-ring (bicyclic) bond motifs is 1. The summed E-state index contributed by atoms with van der Waals surface area (Å²) < 4.78 is 29.9. The molecule has 1 aromatic carbocycles. The molecule has 11 heteroatoms. The number of benzene rings is 1. The van der Waals surface area contributed by atoms with E-state index in [4.69, 9.17) is 5.73 Å². The summed E-state index contributed by atoms with van der Waals surface area (Å²) >= 11 is 1.57. The van der Waals surface area contributed by atoms with Gasteiger partial charge in [-0.25, -0.2) is 23.7 Å². The number of anilines is 1. The number of likely N-dealkylation sites (tertiary alicyclic amines) is 2. The van der Waals surface area contributed by atoms with Crippen molar-refractivity contribution in [2.45, 2.75) is 50.4 Å². The largest absolute Gasteiger partial charge is 0.368 e. The van der Waals surface area contributed by atoms with Gasteiger partial charge in [0.25, 0.3) is 0 Å². The van der Waals surface area contributed by atoms with Crippen LogP contribution in [0.5, 0.6) is 0 Å². The Morgan fingerprint density at radius 1 is 1.06 bits per heavy atom. The molecule has 192 valence electrons. The Morgan fingerprint density at radius 3 is 2.39 bits per heavy atom. The third kappa shape index (κ3) is 5.17. The van der Waals surface area contributed by atoms with Crippen molar-refractivity contribution < 1.29 is 13.6 Å². The standard InChI is InChI=1S/C25H31F2N7OS/c1-2-36-25-31-21-11-19(26)20(27)12-22(21)34(25)18-5-9-33(10-6-18)23(35)17-3-7-32(8-4-17)15-16-13-29-24(28)30-14-16/h11-14,17-18H,2-10,15H2,1H3,(H2,28,29,30). The van der Waals surface area contributed by atoms with E-state index in [0.717, 1.165) is 61.8 Å². The summed E-state index contributed by atoms with van der Waals surface area (Å²) in [5.41, 5.74) is 7.67. The molecule has 5 rings (SSSR count). The summed E-state index contributed by atoms with van der Waals surface area (Å²) in [6, 6.07) is 2.52. The van der Waals surface area contributed by atoms with Crippen molar-refractivity contribution in [1.29, 1.82) is 0 Å². The van der Waals surface area contributed by atoms with Crippen molar-refractivity contribution in [2.24, 2.45) is 5.92 Å². The van der Waals surface area contributed by atoms with Crippen molar-refractivity contribution in [3.63, 3.8) is 0 Å². The van der Waals surface area contributed by atoms with Crippen molar-refractivity contribution in [1.82, 2.24) is 29.3 Å². The van der Waals surface area contributed by atoms with E-state index in [9.17, 15) is 13.6 Å². The number of amides is 1. The lowest BCUT2D eigenvalue weighted by Crippen LogP contribution is -2.45. The Morgan fingerprint density at radius 2 is 1.72 bits per heavy atom. The highest BCUT2D eigenvalue weighted by molar-refractivity contribution is 7.99. The van der Waals surface area contributed by atoms with Gasteiger partial charge in [0.1, 0.15) is 0 Å². The lowest BCUT2D eigenvalue weighted by molar-refractivity contribution is -0.138. The first-order valence-electron chi connectivity index (χ1n) is 12.5. The number of piperidine rings is 2. The van der Waals surface area contributed by atoms with Crippen LogP contribution in [0.4, 0.5) is 14.7 Å². The van der Waals surface area contributed by atoms with Crippen LogP contribution in [-0.2, 0) is 11.3 Å². The average Bonchev–Trinajstić information content (AvgIpc) is 3.22. The zero-order valence-corrected chi connectivity index (χ0v) is 21.2. The maximum absolute atomic E-state index is 14.0. The van der Waals surface area contributed by atoms with Gasteiger partial charge in [-0.2, -0.15) is 0 Å². The number of carbonyl (C=O) groups excluding carboxylic acids is 1. The van der Waals surface area contributed by atoms with E-state index in [1.807, 2.05) is 16.4 Å². The number of hydrogen-bond acceptors (Lipinski definition) is 7. The summed E-state index contributed by atoms with van der Waals surface area (Å²) in [6.07, 6.45) is 6.71. The van der Waals surface area contributed by atoms with Crippen LogP contribution in [0.25, 0.3) is 11.0 Å². The number of nitrogens with two attached hydrogens (primary N) is 1. The molecule has 2 saturated heterocycles. The summed E-state index contributed by atoms with van der Waals surface area (Å²) in [7, 11) is 0. The highest BCUT2D eigenvalue weighted by atomic mass is 32.2. The SMILES string of the molecule is CCSc1nc2cc(F)c(F)cc2n1C1CCN(C(=O)C2CCN(Cc3cnc(N)nc3)CC2)CC1. The van der Waals surface area contributed by atoms with Crippen molar-refractivity contribution in [3.8, 4) is 0 Å². The van der Waals surface area contributed by atoms with E-state index in [0.29, 0.717) is 24.1 Å². The van der Waals surface area contributed by atoms with Gasteiger partial charge in [-0.1, -0.05) is 18.7 Å². The topological polar surface area (TPSA) is 93.2 Å². The monoisotopic (exact) mass is 515 g/mol. The number of rotatable bonds is 6. The first kappa shape index (κ1) is 24.9. The Kier molecular flexibility index (Phi) is 7.38. The second kappa shape index (κ2) is 10.7. The highest BCUT2D eigenvalue weighted by Gasteiger charge is 2.32. The molecule has 2 aromatic heterocycles. The molecular weight excluding hydrogens is 484 g/mol. The molecule has 2 aliphatic heterocycles. The first-order valence-corrected chi connectivity index (χ1v) is 13.5. The van der Waals surface area contributed by atoms with Crippen LogP contribution < -0.4 is 5.73 Å². The van der Waals surface area contributed by atoms with Crippen LogP contribution in [0.1, 0.15) is 44.2 Å². The fraction of sp³-hybridized carbons (Fsp3) is 0.520. The van der Waals surface area contributed by atoms with Gasteiger partial charge in [0.15, 0.2) is 16.8 Å². The zero-order valence-electron chi connectivity index (χ0n) is 20.4. The molecule has 0 saturated carbocycles. The van der Waals surface area contributed by atoms with Gasteiger partial charge in [-0.15, -0.1) is 0 Å². The molecule has 0 atom stereocenters. The molecule has 1 amide bonds. The van der Waals surface area contributed by atoms with Gasteiger partial charge < -0.3 is 15.2 Å². The first-order chi connectivity index (χ1) is 17.4. The molecular formula is C25H31F2N7OS. The zero-order chi connectivity index (χ0) is 25.2. The molecule has 36 heavy (non-hydrogen) atoms. The van der Waals surface area contributed by atoms with Gasteiger partial charge in [0.05, 0.1) is 11.0 Å². The lowest BCUT2D eigenvalue weighted by atomic mass is 9.93. The molecule has 2 fully saturated rings. The van der Waals surface area contributed by atoms with Crippen LogP contribution in [0.3, 0.4) is 0 Å². The number of halogens is 2. The molecule has 8 nitrogen and oxygen atoms in total. The molecule has 3 aromatic rings. The Bertz CT molecular complexity index is 1220. The Hall–Kier alpha value is -2.79. The van der Waals surface area contributed by atoms with Gasteiger partial charge in [-0.3, -0.25) is 9.69 Å². The minimum Gasteiger partial charge on any atom is -0.368 e. The number of nitrogens with zero attached hydrogens (tertiary/aromatic N) is 6. The second-order valence-electron chi connectivity index (χ2n) is 9.51. The smallest absolute Gasteiger partial charge is 0.225 e. The normalized spacial score (nSPS) is 18.2. The van der Waals surface area contributed by atoms with Crippen molar-refractivity contribution in [2.75, 3.05) is 37.7 Å². The summed E-state index contributed by atoms with van der Waals surface area (Å²) in [6.45, 7) is 5.83. The molecule has 0 bridgehead atoms. The molecule has 0 aliphatic carbocycles. The third-order valence-electron chi connectivity index (χ3n) is 7.18. The van der Waals surface area contributed by atoms with E-state index >= 15 is 0 Å². The molecule has 0 radical (unpaired) electrons. The predicted molar refractivity (Wildman–Crippen MR) is 135 cm³/mol. The molecule has 2 N–H and O–H groups in total. The Labute approximate surface area is 213 Å². The van der Waals surface area contributed by atoms with E-state index in [-0.39, 0.29) is 23.8 Å². The number of thioether (sulfide) groups is 1. The minimum absolute atomic E-state index is 0.0396. The van der Waals surface area contributed by atoms with Gasteiger partial charge in [-0.05, 0) is 44.5 Å². The molecule has 2 aliphatic rings. The highest BCUT2D eigenvalue weighted by Crippen LogP contribution is 2.34. The fourth-order valence-corrected chi connectivity index (χ4v) is 6.10. The van der Waals surface area contributed by atoms with Crippen molar-refractivity contribution >= 4 is 34.7 Å². The lowest BCUT2D eigenvalue weighted by Gasteiger charge is -2.38. The quantitative estimate of drug-likeness (QED) is 0.498. The second-order valence-corrected chi connectivity index (χ2v) is 10.7. The van der Waals surface area contributed by atoms with Crippen molar-refractivity contribution in [3.05, 3.63) is 41.7 Å². The molecule has 0 spiro atoms. The molecule has 0 unspecified atom stereocenters. The predicted octanol–water partition coefficient (Wildman–Crippen LogP) is 3.87. The third-order valence-corrected chi connectivity index (χ3v) is 8.02. The van der Waals surface area contributed by atoms with E-state index in [1.54, 1.807) is 24.2 Å². The van der Waals surface area contributed by atoms with Gasteiger partial charge in [0.2, 0.25) is 11.9 Å². The Balaban J connectivity index is 1.19.